The van der Waals surface area contributed by atoms with Gasteiger partial charge in [-0.05, 0) is 36.4 Å². The zero-order chi connectivity index (χ0) is 19.0. The first-order chi connectivity index (χ1) is 13.0. The highest BCUT2D eigenvalue weighted by molar-refractivity contribution is 9.10. The van der Waals surface area contributed by atoms with Crippen LogP contribution in [0.15, 0.2) is 53.1 Å². The van der Waals surface area contributed by atoms with Crippen LogP contribution in [0.3, 0.4) is 0 Å². The summed E-state index contributed by atoms with van der Waals surface area (Å²) in [7, 11) is 0. The fourth-order valence-electron chi connectivity index (χ4n) is 3.74. The highest BCUT2D eigenvalue weighted by Crippen LogP contribution is 2.32. The van der Waals surface area contributed by atoms with E-state index >= 15 is 0 Å². The van der Waals surface area contributed by atoms with Gasteiger partial charge < -0.3 is 15.0 Å². The lowest BCUT2D eigenvalue weighted by molar-refractivity contribution is -0.143. The maximum atomic E-state index is 12.1. The van der Waals surface area contributed by atoms with Crippen LogP contribution in [0.4, 0.5) is 5.69 Å². The topological polar surface area (TPSA) is 59.6 Å². The number of carbonyl (C=O) groups is 1. The average Bonchev–Trinajstić information content (AvgIpc) is 3.05. The summed E-state index contributed by atoms with van der Waals surface area (Å²) in [6.07, 6.45) is 1.82. The van der Waals surface area contributed by atoms with E-state index in [1.165, 1.54) is 0 Å². The van der Waals surface area contributed by atoms with Crippen LogP contribution in [0.5, 0.6) is 0 Å². The normalized spacial score (nSPS) is 16.6. The van der Waals surface area contributed by atoms with Crippen molar-refractivity contribution in [3.05, 3.63) is 63.7 Å². The number of piperazine rings is 1. The van der Waals surface area contributed by atoms with Crippen LogP contribution in [0.2, 0.25) is 5.02 Å². The maximum absolute atomic E-state index is 12.1. The molecule has 1 saturated heterocycles. The largest absolute Gasteiger partial charge is 0.480 e. The lowest BCUT2D eigenvalue weighted by Gasteiger charge is -2.38. The molecule has 1 atom stereocenters. The molecule has 0 amide bonds. The Morgan fingerprint density at radius 1 is 1.15 bits per heavy atom. The molecule has 1 aromatic heterocycles. The van der Waals surface area contributed by atoms with Gasteiger partial charge in [0.15, 0.2) is 0 Å². The monoisotopic (exact) mass is 447 g/mol. The number of rotatable bonds is 4. The van der Waals surface area contributed by atoms with Crippen molar-refractivity contribution in [3.8, 4) is 0 Å². The Morgan fingerprint density at radius 2 is 1.93 bits per heavy atom. The third-order valence-electron chi connectivity index (χ3n) is 5.06. The number of nitrogens with one attached hydrogen (secondary N) is 1. The van der Waals surface area contributed by atoms with Crippen molar-refractivity contribution in [2.24, 2.45) is 0 Å². The molecule has 3 aromatic rings. The second-order valence-electron chi connectivity index (χ2n) is 6.68. The Kier molecular flexibility index (Phi) is 5.12. The number of carboxylic acids is 1. The van der Waals surface area contributed by atoms with Crippen LogP contribution in [0.1, 0.15) is 11.6 Å². The van der Waals surface area contributed by atoms with Crippen LogP contribution in [0.25, 0.3) is 10.9 Å². The number of hydrogen-bond donors (Lipinski definition) is 2. The Morgan fingerprint density at radius 3 is 2.63 bits per heavy atom. The first-order valence-electron chi connectivity index (χ1n) is 8.77. The molecule has 1 unspecified atom stereocenters. The summed E-state index contributed by atoms with van der Waals surface area (Å²) in [5.41, 5.74) is 2.82. The first kappa shape index (κ1) is 18.3. The third-order valence-corrected chi connectivity index (χ3v) is 5.79. The molecule has 1 aliphatic rings. The lowest BCUT2D eigenvalue weighted by Crippen LogP contribution is -2.49. The fourth-order valence-corrected chi connectivity index (χ4v) is 4.28. The second-order valence-corrected chi connectivity index (χ2v) is 8.03. The molecule has 0 bridgehead atoms. The molecule has 1 fully saturated rings. The quantitative estimate of drug-likeness (QED) is 0.615. The van der Waals surface area contributed by atoms with Gasteiger partial charge in [0, 0.05) is 64.0 Å². The summed E-state index contributed by atoms with van der Waals surface area (Å²) in [5, 5.41) is 11.6. The minimum Gasteiger partial charge on any atom is -0.480 e. The predicted octanol–water partition coefficient (Wildman–Crippen LogP) is 4.53. The summed E-state index contributed by atoms with van der Waals surface area (Å²) in [6, 6.07) is 13.0. The van der Waals surface area contributed by atoms with E-state index in [1.807, 2.05) is 53.6 Å². The van der Waals surface area contributed by atoms with Crippen molar-refractivity contribution in [1.82, 2.24) is 9.88 Å². The number of carboxylic acid groups (broad SMARTS) is 1. The van der Waals surface area contributed by atoms with Gasteiger partial charge in [-0.2, -0.15) is 0 Å². The van der Waals surface area contributed by atoms with E-state index in [2.05, 4.69) is 25.8 Å². The fraction of sp³-hybridized carbons (Fsp3) is 0.250. The molecule has 5 nitrogen and oxygen atoms in total. The number of H-pyrrole nitrogens is 1. The molecular weight excluding hydrogens is 430 g/mol. The van der Waals surface area contributed by atoms with E-state index in [0.717, 1.165) is 39.7 Å². The van der Waals surface area contributed by atoms with E-state index in [-0.39, 0.29) is 0 Å². The molecule has 4 rings (SSSR count). The number of aromatic nitrogens is 1. The molecule has 140 valence electrons. The maximum Gasteiger partial charge on any atom is 0.325 e. The third kappa shape index (κ3) is 3.70. The van der Waals surface area contributed by atoms with Gasteiger partial charge in [0.1, 0.15) is 6.04 Å². The molecule has 0 saturated carbocycles. The van der Waals surface area contributed by atoms with Crippen LogP contribution in [-0.4, -0.2) is 47.1 Å². The van der Waals surface area contributed by atoms with Crippen molar-refractivity contribution < 1.29 is 9.90 Å². The van der Waals surface area contributed by atoms with Crippen LogP contribution in [-0.2, 0) is 4.79 Å². The summed E-state index contributed by atoms with van der Waals surface area (Å²) in [5.74, 6) is -0.827. The molecule has 2 heterocycles. The minimum atomic E-state index is -0.827. The van der Waals surface area contributed by atoms with Gasteiger partial charge in [-0.1, -0.05) is 33.6 Å². The first-order valence-corrected chi connectivity index (χ1v) is 9.94. The molecule has 0 spiro atoms. The number of anilines is 1. The summed E-state index contributed by atoms with van der Waals surface area (Å²) in [6.45, 7) is 2.86. The molecule has 27 heavy (non-hydrogen) atoms. The number of benzene rings is 2. The molecule has 7 heteroatoms. The SMILES string of the molecule is O=C(O)C(c1c[nH]c2ccc(Br)cc12)N1CCN(c2cccc(Cl)c2)CC1. The summed E-state index contributed by atoms with van der Waals surface area (Å²) in [4.78, 5) is 19.6. The number of halogens is 2. The molecular formula is C20H19BrClN3O2. The molecule has 2 N–H and O–H groups in total. The Hall–Kier alpha value is -2.02. The number of aliphatic carboxylic acids is 1. The van der Waals surface area contributed by atoms with Gasteiger partial charge in [-0.3, -0.25) is 9.69 Å². The average molecular weight is 449 g/mol. The zero-order valence-corrected chi connectivity index (χ0v) is 16.9. The van der Waals surface area contributed by atoms with Gasteiger partial charge in [-0.25, -0.2) is 0 Å². The molecule has 0 aliphatic carbocycles. The van der Waals surface area contributed by atoms with Crippen LogP contribution in [0, 0.1) is 0 Å². The van der Waals surface area contributed by atoms with Gasteiger partial charge in [0.05, 0.1) is 0 Å². The van der Waals surface area contributed by atoms with Gasteiger partial charge in [0.2, 0.25) is 0 Å². The van der Waals surface area contributed by atoms with Gasteiger partial charge >= 0.3 is 5.97 Å². The smallest absolute Gasteiger partial charge is 0.325 e. The van der Waals surface area contributed by atoms with Crippen LogP contribution >= 0.6 is 27.5 Å². The summed E-state index contributed by atoms with van der Waals surface area (Å²) < 4.78 is 0.936. The van der Waals surface area contributed by atoms with E-state index in [4.69, 9.17) is 11.6 Å². The number of nitrogens with zero attached hydrogens (tertiary/aromatic N) is 2. The van der Waals surface area contributed by atoms with Gasteiger partial charge in [-0.15, -0.1) is 0 Å². The molecule has 1 aliphatic heterocycles. The highest BCUT2D eigenvalue weighted by atomic mass is 79.9. The van der Waals surface area contributed by atoms with Crippen molar-refractivity contribution in [3.63, 3.8) is 0 Å². The Labute approximate surface area is 170 Å². The number of hydrogen-bond acceptors (Lipinski definition) is 3. The predicted molar refractivity (Wildman–Crippen MR) is 112 cm³/mol. The number of fused-ring (bicyclic) bond motifs is 1. The van der Waals surface area contributed by atoms with E-state index in [9.17, 15) is 9.90 Å². The highest BCUT2D eigenvalue weighted by Gasteiger charge is 2.32. The number of aromatic amines is 1. The van der Waals surface area contributed by atoms with E-state index in [1.54, 1.807) is 0 Å². The second kappa shape index (κ2) is 7.54. The standard InChI is InChI=1S/C20H19BrClN3O2/c21-13-4-5-18-16(10-13)17(12-23-18)19(20(26)27)25-8-6-24(7-9-25)15-3-1-2-14(22)11-15/h1-5,10-12,19,23H,6-9H2,(H,26,27). The Balaban J connectivity index is 1.57. The Bertz CT molecular complexity index is 982. The van der Waals surface area contributed by atoms with Crippen molar-refractivity contribution in [2.75, 3.05) is 31.1 Å². The van der Waals surface area contributed by atoms with Crippen LogP contribution < -0.4 is 4.90 Å². The van der Waals surface area contributed by atoms with E-state index in [0.29, 0.717) is 18.1 Å². The van der Waals surface area contributed by atoms with Crippen molar-refractivity contribution in [2.45, 2.75) is 6.04 Å². The lowest BCUT2D eigenvalue weighted by atomic mass is 10.0. The van der Waals surface area contributed by atoms with Crippen molar-refractivity contribution in [1.29, 1.82) is 0 Å². The molecule has 2 aromatic carbocycles. The van der Waals surface area contributed by atoms with Crippen molar-refractivity contribution >= 4 is 50.1 Å². The molecule has 0 radical (unpaired) electrons. The zero-order valence-electron chi connectivity index (χ0n) is 14.5. The minimum absolute atomic E-state index is 0.671. The van der Waals surface area contributed by atoms with Gasteiger partial charge in [0.25, 0.3) is 0 Å². The van der Waals surface area contributed by atoms with E-state index < -0.39 is 12.0 Å². The summed E-state index contributed by atoms with van der Waals surface area (Å²) >= 11 is 9.58.